The topological polar surface area (TPSA) is 55.1 Å². The van der Waals surface area contributed by atoms with Gasteiger partial charge in [0, 0.05) is 6.54 Å². The van der Waals surface area contributed by atoms with E-state index in [1.54, 1.807) is 6.20 Å². The number of aliphatic carboxylic acids is 1. The molecule has 0 bridgehead atoms. The van der Waals surface area contributed by atoms with E-state index in [9.17, 15) is 4.79 Å². The average molecular weight is 233 g/mol. The minimum Gasteiger partial charge on any atom is -0.481 e. The number of hydrogen-bond donors (Lipinski definition) is 1. The normalized spacial score (nSPS) is 10.2. The summed E-state index contributed by atoms with van der Waals surface area (Å²) in [5.41, 5.74) is 0. The van der Waals surface area contributed by atoms with Crippen molar-refractivity contribution in [2.24, 2.45) is 0 Å². The monoisotopic (exact) mass is 232 g/mol. The lowest BCUT2D eigenvalue weighted by atomic mass is 10.4. The third kappa shape index (κ3) is 2.07. The molecular formula is C7H9BrN2O2. The first-order chi connectivity index (χ1) is 5.61. The van der Waals surface area contributed by atoms with E-state index >= 15 is 0 Å². The molecule has 1 aromatic rings. The molecule has 1 rings (SSSR count). The number of halogens is 1. The zero-order chi connectivity index (χ0) is 9.14. The average Bonchev–Trinajstić information content (AvgIpc) is 2.28. The van der Waals surface area contributed by atoms with Crippen molar-refractivity contribution < 1.29 is 9.90 Å². The fourth-order valence-corrected chi connectivity index (χ4v) is 1.45. The molecule has 0 aliphatic rings. The van der Waals surface area contributed by atoms with Gasteiger partial charge in [-0.15, -0.1) is 0 Å². The smallest absolute Gasteiger partial charge is 0.305 e. The number of carbonyl (C=O) groups is 1. The number of aryl methyl sites for hydroxylation is 1. The summed E-state index contributed by atoms with van der Waals surface area (Å²) in [7, 11) is 0. The standard InChI is InChI=1S/C7H9BrN2O2/c1-5-9-4-6(8)10(5)3-2-7(11)12/h4H,2-3H2,1H3,(H,11,12). The van der Waals surface area contributed by atoms with Crippen LogP contribution in [0.1, 0.15) is 12.2 Å². The molecule has 0 saturated carbocycles. The van der Waals surface area contributed by atoms with Crippen LogP contribution < -0.4 is 0 Å². The lowest BCUT2D eigenvalue weighted by molar-refractivity contribution is -0.137. The van der Waals surface area contributed by atoms with Gasteiger partial charge in [0.05, 0.1) is 12.6 Å². The van der Waals surface area contributed by atoms with Gasteiger partial charge in [-0.3, -0.25) is 4.79 Å². The van der Waals surface area contributed by atoms with Crippen LogP contribution in [0, 0.1) is 6.92 Å². The number of imidazole rings is 1. The molecule has 0 aliphatic carbocycles. The molecule has 0 aliphatic heterocycles. The first-order valence-corrected chi connectivity index (χ1v) is 4.30. The predicted octanol–water partition coefficient (Wildman–Crippen LogP) is 1.43. The minimum absolute atomic E-state index is 0.121. The summed E-state index contributed by atoms with van der Waals surface area (Å²) in [4.78, 5) is 14.3. The van der Waals surface area contributed by atoms with Crippen molar-refractivity contribution in [2.75, 3.05) is 0 Å². The van der Waals surface area contributed by atoms with Gasteiger partial charge in [0.2, 0.25) is 0 Å². The van der Waals surface area contributed by atoms with E-state index in [0.29, 0.717) is 6.54 Å². The Balaban J connectivity index is 2.68. The Morgan fingerprint density at radius 2 is 2.50 bits per heavy atom. The van der Waals surface area contributed by atoms with Gasteiger partial charge in [-0.25, -0.2) is 4.98 Å². The Hall–Kier alpha value is -0.840. The van der Waals surface area contributed by atoms with Crippen molar-refractivity contribution in [1.82, 2.24) is 9.55 Å². The van der Waals surface area contributed by atoms with Crippen LogP contribution in [0.3, 0.4) is 0 Å². The maximum Gasteiger partial charge on any atom is 0.305 e. The zero-order valence-electron chi connectivity index (χ0n) is 6.62. The van der Waals surface area contributed by atoms with E-state index < -0.39 is 5.97 Å². The van der Waals surface area contributed by atoms with Gasteiger partial charge in [0.25, 0.3) is 0 Å². The van der Waals surface area contributed by atoms with Gasteiger partial charge in [0.15, 0.2) is 0 Å². The molecule has 0 aromatic carbocycles. The first-order valence-electron chi connectivity index (χ1n) is 3.50. The van der Waals surface area contributed by atoms with Gasteiger partial charge in [-0.1, -0.05) is 0 Å². The van der Waals surface area contributed by atoms with Crippen molar-refractivity contribution in [3.63, 3.8) is 0 Å². The highest BCUT2D eigenvalue weighted by atomic mass is 79.9. The van der Waals surface area contributed by atoms with Crippen molar-refractivity contribution in [2.45, 2.75) is 19.9 Å². The van der Waals surface area contributed by atoms with Crippen LogP contribution in [0.4, 0.5) is 0 Å². The molecule has 1 heterocycles. The van der Waals surface area contributed by atoms with Crippen molar-refractivity contribution >= 4 is 21.9 Å². The van der Waals surface area contributed by atoms with Crippen LogP contribution in [0.25, 0.3) is 0 Å². The number of hydrogen-bond acceptors (Lipinski definition) is 2. The van der Waals surface area contributed by atoms with Gasteiger partial charge >= 0.3 is 5.97 Å². The summed E-state index contributed by atoms with van der Waals surface area (Å²) >= 11 is 3.27. The summed E-state index contributed by atoms with van der Waals surface area (Å²) in [5, 5.41) is 8.45. The SMILES string of the molecule is Cc1ncc(Br)n1CCC(=O)O. The number of aromatic nitrogens is 2. The Kier molecular flexibility index (Phi) is 2.86. The lowest BCUT2D eigenvalue weighted by Gasteiger charge is -2.03. The van der Waals surface area contributed by atoms with Crippen LogP contribution in [0.15, 0.2) is 10.8 Å². The van der Waals surface area contributed by atoms with Gasteiger partial charge in [-0.05, 0) is 22.9 Å². The maximum absolute atomic E-state index is 10.3. The molecule has 1 N–H and O–H groups in total. The quantitative estimate of drug-likeness (QED) is 0.859. The molecule has 0 saturated heterocycles. The Morgan fingerprint density at radius 3 is 2.92 bits per heavy atom. The van der Waals surface area contributed by atoms with Crippen LogP contribution >= 0.6 is 15.9 Å². The molecule has 4 nitrogen and oxygen atoms in total. The lowest BCUT2D eigenvalue weighted by Crippen LogP contribution is -2.06. The Morgan fingerprint density at radius 1 is 1.83 bits per heavy atom. The van der Waals surface area contributed by atoms with Crippen LogP contribution in [0.5, 0.6) is 0 Å². The van der Waals surface area contributed by atoms with E-state index in [-0.39, 0.29) is 6.42 Å². The highest BCUT2D eigenvalue weighted by Crippen LogP contribution is 2.12. The highest BCUT2D eigenvalue weighted by molar-refractivity contribution is 9.10. The largest absolute Gasteiger partial charge is 0.481 e. The van der Waals surface area contributed by atoms with Crippen molar-refractivity contribution in [1.29, 1.82) is 0 Å². The summed E-state index contributed by atoms with van der Waals surface area (Å²) in [6.07, 6.45) is 1.78. The third-order valence-electron chi connectivity index (χ3n) is 1.56. The number of rotatable bonds is 3. The van der Waals surface area contributed by atoms with Crippen LogP contribution in [0.2, 0.25) is 0 Å². The second-order valence-corrected chi connectivity index (χ2v) is 3.24. The molecule has 0 atom stereocenters. The highest BCUT2D eigenvalue weighted by Gasteiger charge is 2.04. The molecular weight excluding hydrogens is 224 g/mol. The third-order valence-corrected chi connectivity index (χ3v) is 2.19. The van der Waals surface area contributed by atoms with E-state index in [2.05, 4.69) is 20.9 Å². The summed E-state index contributed by atoms with van der Waals surface area (Å²) in [5.74, 6) is 0.0260. The number of carboxylic acids is 1. The molecule has 12 heavy (non-hydrogen) atoms. The molecule has 0 unspecified atom stereocenters. The molecule has 5 heteroatoms. The van der Waals surface area contributed by atoms with Crippen molar-refractivity contribution in [3.05, 3.63) is 16.6 Å². The molecule has 0 spiro atoms. The summed E-state index contributed by atoms with van der Waals surface area (Å²) in [6.45, 7) is 2.30. The molecule has 66 valence electrons. The van der Waals surface area contributed by atoms with Crippen LogP contribution in [-0.2, 0) is 11.3 Å². The predicted molar refractivity (Wildman–Crippen MR) is 46.9 cm³/mol. The van der Waals surface area contributed by atoms with E-state index in [4.69, 9.17) is 5.11 Å². The fraction of sp³-hybridized carbons (Fsp3) is 0.429. The summed E-state index contributed by atoms with van der Waals surface area (Å²) in [6, 6.07) is 0. The van der Waals surface area contributed by atoms with Crippen molar-refractivity contribution in [3.8, 4) is 0 Å². The van der Waals surface area contributed by atoms with E-state index in [0.717, 1.165) is 10.4 Å². The van der Waals surface area contributed by atoms with E-state index in [1.807, 2.05) is 11.5 Å². The van der Waals surface area contributed by atoms with E-state index in [1.165, 1.54) is 0 Å². The second kappa shape index (κ2) is 3.71. The molecule has 0 fully saturated rings. The Bertz CT molecular complexity index is 276. The Labute approximate surface area is 78.4 Å². The molecule has 0 radical (unpaired) electrons. The number of nitrogens with zero attached hydrogens (tertiary/aromatic N) is 2. The minimum atomic E-state index is -0.796. The van der Waals surface area contributed by atoms with Crippen LogP contribution in [-0.4, -0.2) is 20.6 Å². The van der Waals surface area contributed by atoms with Gasteiger partial charge in [0.1, 0.15) is 10.4 Å². The van der Waals surface area contributed by atoms with Gasteiger partial charge in [-0.2, -0.15) is 0 Å². The first kappa shape index (κ1) is 9.25. The van der Waals surface area contributed by atoms with Gasteiger partial charge < -0.3 is 9.67 Å². The zero-order valence-corrected chi connectivity index (χ0v) is 8.21. The summed E-state index contributed by atoms with van der Waals surface area (Å²) < 4.78 is 2.63. The fourth-order valence-electron chi connectivity index (χ4n) is 0.917. The maximum atomic E-state index is 10.3. The molecule has 0 amide bonds. The molecule has 1 aromatic heterocycles. The number of carboxylic acid groups (broad SMARTS) is 1. The second-order valence-electron chi connectivity index (χ2n) is 2.42.